The Hall–Kier alpha value is -3.40. The van der Waals surface area contributed by atoms with Crippen molar-refractivity contribution in [1.82, 2.24) is 4.98 Å². The average Bonchev–Trinajstić information content (AvgIpc) is 2.91. The van der Waals surface area contributed by atoms with Crippen LogP contribution in [0.2, 0.25) is 0 Å². The third-order valence-corrected chi connectivity index (χ3v) is 5.53. The monoisotopic (exact) mass is 634 g/mol. The maximum absolute atomic E-state index is 9.98. The van der Waals surface area contributed by atoms with Gasteiger partial charge in [-0.15, -0.1) is 0 Å². The van der Waals surface area contributed by atoms with Gasteiger partial charge >= 0.3 is 5.97 Å². The number of aromatic amines is 1. The summed E-state index contributed by atoms with van der Waals surface area (Å²) in [5.41, 5.74) is 2.74. The molecular weight excluding hydrogens is 580 g/mol. The topological polar surface area (TPSA) is 266 Å². The fourth-order valence-electron chi connectivity index (χ4n) is 3.13. The molecule has 0 amide bonds. The van der Waals surface area contributed by atoms with Gasteiger partial charge in [0.15, 0.2) is 18.1 Å². The number of carboxylic acids is 2. The van der Waals surface area contributed by atoms with E-state index in [0.29, 0.717) is 40.1 Å². The number of aryl methyl sites for hydroxylation is 2. The van der Waals surface area contributed by atoms with Gasteiger partial charge < -0.3 is 55.9 Å². The third-order valence-electron chi connectivity index (χ3n) is 5.53. The zero-order valence-corrected chi connectivity index (χ0v) is 24.9. The lowest BCUT2D eigenvalue weighted by Crippen LogP contribution is -2.36. The molecule has 0 saturated carbocycles. The van der Waals surface area contributed by atoms with Gasteiger partial charge in [0.25, 0.3) is 0 Å². The summed E-state index contributed by atoms with van der Waals surface area (Å²) in [5.74, 6) is -2.12. The molecule has 2 rings (SSSR count). The number of pyridine rings is 2. The highest BCUT2D eigenvalue weighted by Gasteiger charge is 2.15. The molecular formula is C30H54N2O12. The standard InChI is InChI=1S/2C8H11NO3.2C6H12O3.2CH4/c2*1-5-8(12)7(4-11)6(3-10)2-9-5;2*1-4(2)3-5(7)6(8)9;;/h2*2,10-12H,3-4H2,1H3;2*4-5,7H,3H2,1-2H3,(H,8,9);2*1H4. The van der Waals surface area contributed by atoms with Crippen LogP contribution in [0.4, 0.5) is 0 Å². The quantitative estimate of drug-likeness (QED) is 0.172. The first-order chi connectivity index (χ1) is 19.5. The molecule has 256 valence electrons. The molecule has 2 unspecified atom stereocenters. The number of carboxylic acid groups (broad SMARTS) is 2. The average molecular weight is 635 g/mol. The van der Waals surface area contributed by atoms with Crippen LogP contribution in [0.5, 0.6) is 11.5 Å². The molecule has 44 heavy (non-hydrogen) atoms. The van der Waals surface area contributed by atoms with Crippen LogP contribution in [0.25, 0.3) is 0 Å². The SMILES string of the molecule is C.C.CC(C)CC(O)C(=O)O.CC(C)CC(O)C(=O)[O-].Cc1[nH+]cc(CO)c(CO)c1O.Cc1ncc(CO)c(CO)c1O. The highest BCUT2D eigenvalue weighted by atomic mass is 16.4. The molecule has 0 saturated heterocycles. The van der Waals surface area contributed by atoms with Crippen molar-refractivity contribution in [2.75, 3.05) is 0 Å². The van der Waals surface area contributed by atoms with E-state index in [1.54, 1.807) is 20.0 Å². The van der Waals surface area contributed by atoms with Gasteiger partial charge in [-0.3, -0.25) is 4.98 Å². The minimum atomic E-state index is -1.39. The van der Waals surface area contributed by atoms with E-state index in [1.807, 2.05) is 27.7 Å². The molecule has 2 aromatic heterocycles. The van der Waals surface area contributed by atoms with Gasteiger partial charge in [-0.25, -0.2) is 9.78 Å². The molecule has 2 heterocycles. The lowest BCUT2D eigenvalue weighted by atomic mass is 10.1. The molecule has 0 bridgehead atoms. The first-order valence-corrected chi connectivity index (χ1v) is 13.1. The van der Waals surface area contributed by atoms with Crippen molar-refractivity contribution in [2.45, 2.75) is 108 Å². The molecule has 0 fully saturated rings. The molecule has 0 spiro atoms. The second-order valence-electron chi connectivity index (χ2n) is 10.0. The van der Waals surface area contributed by atoms with E-state index < -0.39 is 24.1 Å². The van der Waals surface area contributed by atoms with E-state index in [0.717, 1.165) is 0 Å². The Kier molecular flexibility index (Phi) is 27.0. The minimum Gasteiger partial charge on any atom is -0.547 e. The number of aliphatic hydroxyl groups is 6. The van der Waals surface area contributed by atoms with E-state index in [2.05, 4.69) is 9.97 Å². The van der Waals surface area contributed by atoms with Crippen molar-refractivity contribution >= 4 is 11.9 Å². The van der Waals surface area contributed by atoms with Crippen LogP contribution in [0.1, 0.15) is 89.0 Å². The lowest BCUT2D eigenvalue weighted by Gasteiger charge is -2.12. The fourth-order valence-corrected chi connectivity index (χ4v) is 3.13. The summed E-state index contributed by atoms with van der Waals surface area (Å²) in [5, 5.41) is 89.5. The molecule has 10 N–H and O–H groups in total. The maximum Gasteiger partial charge on any atom is 0.332 e. The molecule has 0 aromatic carbocycles. The summed E-state index contributed by atoms with van der Waals surface area (Å²) in [6.07, 6.45) is 1.12. The van der Waals surface area contributed by atoms with Crippen molar-refractivity contribution < 1.29 is 65.6 Å². The van der Waals surface area contributed by atoms with Crippen LogP contribution in [-0.2, 0) is 36.0 Å². The number of aliphatic hydroxyl groups excluding tert-OH is 6. The van der Waals surface area contributed by atoms with Crippen molar-refractivity contribution in [3.8, 4) is 11.5 Å². The largest absolute Gasteiger partial charge is 0.547 e. The van der Waals surface area contributed by atoms with Gasteiger partial charge in [0.1, 0.15) is 5.75 Å². The van der Waals surface area contributed by atoms with E-state index >= 15 is 0 Å². The molecule has 14 nitrogen and oxygen atoms in total. The Morgan fingerprint density at radius 1 is 0.795 bits per heavy atom. The van der Waals surface area contributed by atoms with Crippen LogP contribution >= 0.6 is 0 Å². The number of aromatic nitrogens is 2. The number of rotatable bonds is 10. The second-order valence-corrected chi connectivity index (χ2v) is 10.0. The number of nitrogens with zero attached hydrogens (tertiary/aromatic N) is 1. The predicted octanol–water partition coefficient (Wildman–Crippen LogP) is 0.473. The van der Waals surface area contributed by atoms with Crippen molar-refractivity contribution in [3.05, 3.63) is 46.0 Å². The molecule has 2 atom stereocenters. The normalized spacial score (nSPS) is 11.2. The zero-order valence-electron chi connectivity index (χ0n) is 24.9. The number of aromatic hydroxyl groups is 2. The number of hydrogen-bond acceptors (Lipinski definition) is 12. The minimum absolute atomic E-state index is 0. The molecule has 2 aromatic rings. The summed E-state index contributed by atoms with van der Waals surface area (Å²) in [6.45, 7) is 9.77. The van der Waals surface area contributed by atoms with Gasteiger partial charge in [-0.05, 0) is 31.6 Å². The summed E-state index contributed by atoms with van der Waals surface area (Å²) in [7, 11) is 0. The van der Waals surface area contributed by atoms with Crippen LogP contribution in [0, 0.1) is 25.7 Å². The van der Waals surface area contributed by atoms with Gasteiger partial charge in [0.2, 0.25) is 5.69 Å². The number of H-pyrrole nitrogens is 1. The van der Waals surface area contributed by atoms with Gasteiger partial charge in [-0.1, -0.05) is 42.5 Å². The number of hydrogen-bond donors (Lipinski definition) is 9. The molecule has 0 aliphatic rings. The molecule has 14 heteroatoms. The maximum atomic E-state index is 9.98. The highest BCUT2D eigenvalue weighted by molar-refractivity contribution is 5.71. The first-order valence-electron chi connectivity index (χ1n) is 13.1. The first kappa shape index (κ1) is 47.5. The van der Waals surface area contributed by atoms with Crippen molar-refractivity contribution in [3.63, 3.8) is 0 Å². The number of aliphatic carboxylic acids is 2. The Morgan fingerprint density at radius 2 is 1.23 bits per heavy atom. The predicted molar refractivity (Wildman–Crippen MR) is 161 cm³/mol. The van der Waals surface area contributed by atoms with Crippen LogP contribution in [0.15, 0.2) is 12.4 Å². The van der Waals surface area contributed by atoms with Crippen molar-refractivity contribution in [2.24, 2.45) is 11.8 Å². The summed E-state index contributed by atoms with van der Waals surface area (Å²) in [4.78, 5) is 26.5. The van der Waals surface area contributed by atoms with E-state index in [9.17, 15) is 24.9 Å². The van der Waals surface area contributed by atoms with Gasteiger partial charge in [0, 0.05) is 29.8 Å². The third kappa shape index (κ3) is 18.3. The van der Waals surface area contributed by atoms with Gasteiger partial charge in [0.05, 0.1) is 49.8 Å². The highest BCUT2D eigenvalue weighted by Crippen LogP contribution is 2.23. The van der Waals surface area contributed by atoms with Crippen LogP contribution in [0.3, 0.4) is 0 Å². The molecule has 0 radical (unpaired) electrons. The van der Waals surface area contributed by atoms with Crippen LogP contribution < -0.4 is 10.1 Å². The van der Waals surface area contributed by atoms with E-state index in [-0.39, 0.29) is 71.0 Å². The Morgan fingerprint density at radius 3 is 1.55 bits per heavy atom. The smallest absolute Gasteiger partial charge is 0.332 e. The lowest BCUT2D eigenvalue weighted by molar-refractivity contribution is -0.389. The van der Waals surface area contributed by atoms with E-state index in [4.69, 9.17) is 35.7 Å². The van der Waals surface area contributed by atoms with E-state index in [1.165, 1.54) is 6.20 Å². The van der Waals surface area contributed by atoms with Gasteiger partial charge in [-0.2, -0.15) is 0 Å². The fraction of sp³-hybridized carbons (Fsp3) is 0.600. The number of carbonyl (C=O) groups excluding carboxylic acids is 1. The number of nitrogens with one attached hydrogen (secondary N) is 1. The van der Waals surface area contributed by atoms with Crippen molar-refractivity contribution in [1.29, 1.82) is 0 Å². The summed E-state index contributed by atoms with van der Waals surface area (Å²) < 4.78 is 0. The Bertz CT molecular complexity index is 1010. The number of carbonyl (C=O) groups is 2. The summed E-state index contributed by atoms with van der Waals surface area (Å²) in [6, 6.07) is 0. The zero-order chi connectivity index (χ0) is 33.2. The molecule has 0 aliphatic heterocycles. The molecule has 0 aliphatic carbocycles. The second kappa shape index (κ2) is 25.0. The Balaban J connectivity index is -0.000000241. The summed E-state index contributed by atoms with van der Waals surface area (Å²) >= 11 is 0. The van der Waals surface area contributed by atoms with Crippen LogP contribution in [-0.4, -0.2) is 75.1 Å². The Labute approximate surface area is 260 Å².